The Bertz CT molecular complexity index is 559. The summed E-state index contributed by atoms with van der Waals surface area (Å²) in [6, 6.07) is 3.06. The molecule has 1 saturated carbocycles. The first-order chi connectivity index (χ1) is 9.48. The number of sulfonamides is 1. The third-order valence-electron chi connectivity index (χ3n) is 3.57. The second-order valence-electron chi connectivity index (χ2n) is 5.02. The molecule has 1 aromatic rings. The normalized spacial score (nSPS) is 22.8. The lowest BCUT2D eigenvalue weighted by Gasteiger charge is -2.17. The predicted octanol–water partition coefficient (Wildman–Crippen LogP) is 0.797. The zero-order chi connectivity index (χ0) is 14.6. The van der Waals surface area contributed by atoms with Crippen LogP contribution in [0.1, 0.15) is 24.8 Å². The molecule has 1 aliphatic carbocycles. The minimum Gasteiger partial charge on any atom is -0.481 e. The predicted molar refractivity (Wildman–Crippen MR) is 73.6 cm³/mol. The summed E-state index contributed by atoms with van der Waals surface area (Å²) in [6.45, 7) is 0. The van der Waals surface area contributed by atoms with Gasteiger partial charge in [0.25, 0.3) is 0 Å². The zero-order valence-corrected chi connectivity index (χ0v) is 11.8. The second-order valence-corrected chi connectivity index (χ2v) is 6.90. The monoisotopic (exact) mass is 298 g/mol. The van der Waals surface area contributed by atoms with Gasteiger partial charge in [0.05, 0.1) is 11.7 Å². The highest BCUT2D eigenvalue weighted by molar-refractivity contribution is 7.89. The van der Waals surface area contributed by atoms with E-state index in [2.05, 4.69) is 9.71 Å². The van der Waals surface area contributed by atoms with E-state index in [9.17, 15) is 13.2 Å². The Morgan fingerprint density at radius 1 is 1.35 bits per heavy atom. The van der Waals surface area contributed by atoms with Crippen molar-refractivity contribution < 1.29 is 18.3 Å². The van der Waals surface area contributed by atoms with Gasteiger partial charge < -0.3 is 5.11 Å². The van der Waals surface area contributed by atoms with Gasteiger partial charge in [0.2, 0.25) is 10.0 Å². The molecule has 0 saturated heterocycles. The number of carbonyl (C=O) groups is 1. The molecule has 0 aliphatic heterocycles. The van der Waals surface area contributed by atoms with Crippen molar-refractivity contribution in [3.05, 3.63) is 30.1 Å². The molecule has 1 fully saturated rings. The largest absolute Gasteiger partial charge is 0.481 e. The van der Waals surface area contributed by atoms with Gasteiger partial charge in [-0.3, -0.25) is 9.78 Å². The number of carboxylic acid groups (broad SMARTS) is 1. The number of aliphatic carboxylic acids is 1. The molecule has 6 nitrogen and oxygen atoms in total. The maximum Gasteiger partial charge on any atom is 0.308 e. The molecule has 2 atom stereocenters. The van der Waals surface area contributed by atoms with Crippen LogP contribution >= 0.6 is 0 Å². The highest BCUT2D eigenvalue weighted by Gasteiger charge is 2.35. The molecule has 0 amide bonds. The van der Waals surface area contributed by atoms with Crippen molar-refractivity contribution >= 4 is 16.0 Å². The Kier molecular flexibility index (Phi) is 4.72. The van der Waals surface area contributed by atoms with Gasteiger partial charge in [0.15, 0.2) is 0 Å². The Labute approximate surface area is 118 Å². The summed E-state index contributed by atoms with van der Waals surface area (Å²) < 4.78 is 26.5. The smallest absolute Gasteiger partial charge is 0.308 e. The summed E-state index contributed by atoms with van der Waals surface area (Å²) in [4.78, 5) is 14.9. The molecule has 0 spiro atoms. The van der Waals surface area contributed by atoms with Crippen LogP contribution in [0.15, 0.2) is 24.5 Å². The molecule has 2 rings (SSSR count). The van der Waals surface area contributed by atoms with E-state index >= 15 is 0 Å². The number of hydrogen-bond donors (Lipinski definition) is 2. The van der Waals surface area contributed by atoms with E-state index in [1.54, 1.807) is 24.5 Å². The minimum absolute atomic E-state index is 0.0418. The average Bonchev–Trinajstić information content (AvgIpc) is 2.85. The number of pyridine rings is 1. The van der Waals surface area contributed by atoms with Gasteiger partial charge in [-0.2, -0.15) is 0 Å². The number of aryl methyl sites for hydroxylation is 1. The summed E-state index contributed by atoms with van der Waals surface area (Å²) >= 11 is 0. The van der Waals surface area contributed by atoms with Gasteiger partial charge in [-0.05, 0) is 37.0 Å². The Morgan fingerprint density at radius 2 is 2.05 bits per heavy atom. The number of nitrogens with one attached hydrogen (secondary N) is 1. The van der Waals surface area contributed by atoms with Gasteiger partial charge in [0, 0.05) is 18.4 Å². The van der Waals surface area contributed by atoms with Gasteiger partial charge in [-0.25, -0.2) is 13.1 Å². The maximum absolute atomic E-state index is 12.0. The first kappa shape index (κ1) is 14.9. The number of aromatic nitrogens is 1. The minimum atomic E-state index is -3.46. The van der Waals surface area contributed by atoms with Crippen molar-refractivity contribution in [2.24, 2.45) is 5.92 Å². The maximum atomic E-state index is 12.0. The molecule has 7 heteroatoms. The molecule has 2 unspecified atom stereocenters. The van der Waals surface area contributed by atoms with E-state index in [-0.39, 0.29) is 5.75 Å². The molecule has 1 aliphatic rings. The van der Waals surface area contributed by atoms with Crippen LogP contribution in [0, 0.1) is 5.92 Å². The lowest BCUT2D eigenvalue weighted by atomic mass is 10.1. The van der Waals surface area contributed by atoms with Crippen LogP contribution in [0.4, 0.5) is 0 Å². The lowest BCUT2D eigenvalue weighted by molar-refractivity contribution is -0.141. The molecule has 0 bridgehead atoms. The first-order valence-electron chi connectivity index (χ1n) is 6.60. The molecule has 110 valence electrons. The third-order valence-corrected chi connectivity index (χ3v) is 4.98. The topological polar surface area (TPSA) is 96.4 Å². The van der Waals surface area contributed by atoms with Crippen molar-refractivity contribution in [3.8, 4) is 0 Å². The van der Waals surface area contributed by atoms with Gasteiger partial charge >= 0.3 is 5.97 Å². The van der Waals surface area contributed by atoms with Crippen LogP contribution in [0.3, 0.4) is 0 Å². The molecule has 1 heterocycles. The molecule has 1 aromatic heterocycles. The number of hydrogen-bond acceptors (Lipinski definition) is 4. The Balaban J connectivity index is 1.92. The van der Waals surface area contributed by atoms with Crippen molar-refractivity contribution in [2.75, 3.05) is 5.75 Å². The SMILES string of the molecule is O=C(O)C1CCCC1NS(=O)(=O)CCc1ccncc1. The van der Waals surface area contributed by atoms with Crippen LogP contribution in [0.25, 0.3) is 0 Å². The third kappa shape index (κ3) is 4.01. The summed E-state index contributed by atoms with van der Waals surface area (Å²) in [7, 11) is -3.46. The molecule has 2 N–H and O–H groups in total. The zero-order valence-electron chi connectivity index (χ0n) is 11.0. The van der Waals surface area contributed by atoms with Crippen molar-refractivity contribution in [1.82, 2.24) is 9.71 Å². The summed E-state index contributed by atoms with van der Waals surface area (Å²) in [5.41, 5.74) is 0.895. The Hall–Kier alpha value is -1.47. The van der Waals surface area contributed by atoms with E-state index in [0.29, 0.717) is 19.3 Å². The molecule has 0 aromatic carbocycles. The number of rotatable bonds is 6. The number of nitrogens with zero attached hydrogens (tertiary/aromatic N) is 1. The average molecular weight is 298 g/mol. The summed E-state index contributed by atoms with van der Waals surface area (Å²) in [6.07, 6.45) is 5.49. The van der Waals surface area contributed by atoms with Gasteiger partial charge in [-0.1, -0.05) is 6.42 Å². The van der Waals surface area contributed by atoms with Crippen molar-refractivity contribution in [3.63, 3.8) is 0 Å². The van der Waals surface area contributed by atoms with E-state index in [1.807, 2.05) is 0 Å². The van der Waals surface area contributed by atoms with Crippen LogP contribution in [0.2, 0.25) is 0 Å². The quantitative estimate of drug-likeness (QED) is 0.809. The van der Waals surface area contributed by atoms with E-state index in [0.717, 1.165) is 12.0 Å². The standard InChI is InChI=1S/C13H18N2O4S/c16-13(17)11-2-1-3-12(11)15-20(18,19)9-6-10-4-7-14-8-5-10/h4-5,7-8,11-12,15H,1-3,6,9H2,(H,16,17). The summed E-state index contributed by atoms with van der Waals surface area (Å²) in [5, 5.41) is 9.05. The molecular weight excluding hydrogens is 280 g/mol. The lowest BCUT2D eigenvalue weighted by Crippen LogP contribution is -2.41. The van der Waals surface area contributed by atoms with Crippen LogP contribution in [-0.4, -0.2) is 36.3 Å². The van der Waals surface area contributed by atoms with Crippen LogP contribution in [0.5, 0.6) is 0 Å². The fraction of sp³-hybridized carbons (Fsp3) is 0.538. The highest BCUT2D eigenvalue weighted by atomic mass is 32.2. The van der Waals surface area contributed by atoms with Crippen LogP contribution < -0.4 is 4.72 Å². The molecule has 0 radical (unpaired) electrons. The van der Waals surface area contributed by atoms with Crippen molar-refractivity contribution in [2.45, 2.75) is 31.7 Å². The van der Waals surface area contributed by atoms with E-state index in [4.69, 9.17) is 5.11 Å². The fourth-order valence-electron chi connectivity index (χ4n) is 2.49. The first-order valence-corrected chi connectivity index (χ1v) is 8.25. The van der Waals surface area contributed by atoms with Crippen LogP contribution in [-0.2, 0) is 21.2 Å². The van der Waals surface area contributed by atoms with Gasteiger partial charge in [-0.15, -0.1) is 0 Å². The Morgan fingerprint density at radius 3 is 2.70 bits per heavy atom. The summed E-state index contributed by atoms with van der Waals surface area (Å²) in [5.74, 6) is -1.57. The second kappa shape index (κ2) is 6.32. The molecule has 20 heavy (non-hydrogen) atoms. The fourth-order valence-corrected chi connectivity index (χ4v) is 3.85. The van der Waals surface area contributed by atoms with Crippen molar-refractivity contribution in [1.29, 1.82) is 0 Å². The number of carboxylic acids is 1. The highest BCUT2D eigenvalue weighted by Crippen LogP contribution is 2.26. The molecular formula is C13H18N2O4S. The van der Waals surface area contributed by atoms with E-state index in [1.165, 1.54) is 0 Å². The van der Waals surface area contributed by atoms with Gasteiger partial charge in [0.1, 0.15) is 0 Å². The van der Waals surface area contributed by atoms with E-state index < -0.39 is 28.0 Å².